The fraction of sp³-hybridized carbons (Fsp3) is 0.391. The first kappa shape index (κ1) is 18.9. The number of para-hydroxylation sites is 1. The van der Waals surface area contributed by atoms with Gasteiger partial charge in [0.2, 0.25) is 11.8 Å². The van der Waals surface area contributed by atoms with E-state index in [1.807, 2.05) is 36.4 Å². The highest BCUT2D eigenvalue weighted by atomic mass is 16.5. The molecular formula is C23H24N2O5. The third kappa shape index (κ3) is 3.19. The lowest BCUT2D eigenvalue weighted by Crippen LogP contribution is -2.40. The molecule has 0 spiro atoms. The zero-order valence-corrected chi connectivity index (χ0v) is 16.8. The highest BCUT2D eigenvalue weighted by Crippen LogP contribution is 2.40. The van der Waals surface area contributed by atoms with E-state index in [0.29, 0.717) is 36.5 Å². The summed E-state index contributed by atoms with van der Waals surface area (Å²) in [5, 5.41) is 4.81. The fourth-order valence-corrected chi connectivity index (χ4v) is 4.42. The van der Waals surface area contributed by atoms with Crippen LogP contribution in [-0.4, -0.2) is 44.7 Å². The molecule has 0 saturated carbocycles. The van der Waals surface area contributed by atoms with E-state index in [4.69, 9.17) is 13.9 Å². The average Bonchev–Trinajstić information content (AvgIpc) is 3.49. The van der Waals surface area contributed by atoms with Gasteiger partial charge >= 0.3 is 0 Å². The van der Waals surface area contributed by atoms with E-state index in [-0.39, 0.29) is 17.9 Å². The molecule has 0 aliphatic carbocycles. The van der Waals surface area contributed by atoms with Crippen molar-refractivity contribution < 1.29 is 23.5 Å². The molecule has 30 heavy (non-hydrogen) atoms. The van der Waals surface area contributed by atoms with Gasteiger partial charge in [0.15, 0.2) is 0 Å². The first-order chi connectivity index (χ1) is 14.7. The predicted molar refractivity (Wildman–Crippen MR) is 113 cm³/mol. The molecular weight excluding hydrogens is 384 g/mol. The number of nitrogens with zero attached hydrogens (tertiary/aromatic N) is 1. The standard InChI is InChI=1S/C23H24N2O5/c1-28-21-11-17-15-6-2-3-7-19(15)30-20(17)12-18(21)25-9-8-16(23(25)27)22(26)24-13-14-5-4-10-29-14/h2-3,6-7,11-12,14,16H,4-5,8-10,13H2,1H3,(H,24,26). The number of hydrogen-bond donors (Lipinski definition) is 1. The Hall–Kier alpha value is -3.06. The summed E-state index contributed by atoms with van der Waals surface area (Å²) in [5.41, 5.74) is 2.10. The van der Waals surface area contributed by atoms with Crippen molar-refractivity contribution >= 4 is 39.4 Å². The molecule has 2 aliphatic rings. The van der Waals surface area contributed by atoms with Gasteiger partial charge in [0.05, 0.1) is 18.9 Å². The Bertz CT molecular complexity index is 1120. The van der Waals surface area contributed by atoms with Crippen molar-refractivity contribution in [3.63, 3.8) is 0 Å². The molecule has 7 nitrogen and oxygen atoms in total. The minimum atomic E-state index is -0.692. The van der Waals surface area contributed by atoms with Gasteiger partial charge in [-0.3, -0.25) is 9.59 Å². The van der Waals surface area contributed by atoms with Crippen molar-refractivity contribution in [1.82, 2.24) is 5.32 Å². The second-order valence-corrected chi connectivity index (χ2v) is 7.83. The van der Waals surface area contributed by atoms with Crippen LogP contribution < -0.4 is 15.0 Å². The van der Waals surface area contributed by atoms with E-state index < -0.39 is 5.92 Å². The van der Waals surface area contributed by atoms with Gasteiger partial charge < -0.3 is 24.1 Å². The predicted octanol–water partition coefficient (Wildman–Crippen LogP) is 3.24. The molecule has 0 radical (unpaired) electrons. The maximum Gasteiger partial charge on any atom is 0.239 e. The van der Waals surface area contributed by atoms with Gasteiger partial charge in [-0.15, -0.1) is 0 Å². The number of rotatable bonds is 5. The molecule has 1 N–H and O–H groups in total. The van der Waals surface area contributed by atoms with Crippen LogP contribution in [0.1, 0.15) is 19.3 Å². The number of carbonyl (C=O) groups is 2. The van der Waals surface area contributed by atoms with Crippen LogP contribution in [0.15, 0.2) is 40.8 Å². The summed E-state index contributed by atoms with van der Waals surface area (Å²) in [7, 11) is 1.58. The molecule has 2 unspecified atom stereocenters. The molecule has 2 saturated heterocycles. The summed E-state index contributed by atoms with van der Waals surface area (Å²) < 4.78 is 17.1. The van der Waals surface area contributed by atoms with Gasteiger partial charge in [-0.2, -0.15) is 0 Å². The lowest BCUT2D eigenvalue weighted by Gasteiger charge is -2.20. The van der Waals surface area contributed by atoms with Gasteiger partial charge in [0, 0.05) is 36.5 Å². The Labute approximate surface area is 173 Å². The molecule has 2 amide bonds. The Morgan fingerprint density at radius 1 is 1.20 bits per heavy atom. The number of benzene rings is 2. The van der Waals surface area contributed by atoms with Crippen LogP contribution in [0.25, 0.3) is 21.9 Å². The van der Waals surface area contributed by atoms with Crippen LogP contribution in [0.2, 0.25) is 0 Å². The van der Waals surface area contributed by atoms with Gasteiger partial charge in [-0.05, 0) is 31.4 Å². The number of ether oxygens (including phenoxy) is 2. The van der Waals surface area contributed by atoms with Gasteiger partial charge in [-0.25, -0.2) is 0 Å². The van der Waals surface area contributed by atoms with Crippen molar-refractivity contribution in [1.29, 1.82) is 0 Å². The van der Waals surface area contributed by atoms with Crippen molar-refractivity contribution in [2.75, 3.05) is 31.7 Å². The highest BCUT2D eigenvalue weighted by molar-refractivity contribution is 6.12. The Balaban J connectivity index is 1.40. The molecule has 2 atom stereocenters. The monoisotopic (exact) mass is 408 g/mol. The minimum absolute atomic E-state index is 0.0529. The van der Waals surface area contributed by atoms with E-state index in [1.165, 1.54) is 0 Å². The van der Waals surface area contributed by atoms with E-state index in [2.05, 4.69) is 5.32 Å². The van der Waals surface area contributed by atoms with Crippen LogP contribution in [0.5, 0.6) is 5.75 Å². The molecule has 2 aliphatic heterocycles. The molecule has 2 aromatic carbocycles. The second-order valence-electron chi connectivity index (χ2n) is 7.83. The first-order valence-electron chi connectivity index (χ1n) is 10.4. The summed E-state index contributed by atoms with van der Waals surface area (Å²) in [6, 6.07) is 11.5. The van der Waals surface area contributed by atoms with Crippen LogP contribution in [-0.2, 0) is 14.3 Å². The van der Waals surface area contributed by atoms with Gasteiger partial charge in [-0.1, -0.05) is 18.2 Å². The number of carbonyl (C=O) groups excluding carboxylic acids is 2. The number of methoxy groups -OCH3 is 1. The Morgan fingerprint density at radius 3 is 2.87 bits per heavy atom. The van der Waals surface area contributed by atoms with E-state index in [0.717, 1.165) is 35.8 Å². The Kier molecular flexibility index (Phi) is 4.83. The van der Waals surface area contributed by atoms with Crippen LogP contribution >= 0.6 is 0 Å². The van der Waals surface area contributed by atoms with Crippen LogP contribution in [0, 0.1) is 5.92 Å². The van der Waals surface area contributed by atoms with Gasteiger partial charge in [0.1, 0.15) is 22.8 Å². The van der Waals surface area contributed by atoms with Crippen molar-refractivity contribution in [2.24, 2.45) is 5.92 Å². The third-order valence-corrected chi connectivity index (χ3v) is 6.02. The quantitative estimate of drug-likeness (QED) is 0.656. The number of amides is 2. The third-order valence-electron chi connectivity index (χ3n) is 6.02. The molecule has 0 bridgehead atoms. The maximum atomic E-state index is 13.1. The number of nitrogens with one attached hydrogen (secondary N) is 1. The Morgan fingerprint density at radius 2 is 2.07 bits per heavy atom. The van der Waals surface area contributed by atoms with Crippen molar-refractivity contribution in [3.05, 3.63) is 36.4 Å². The lowest BCUT2D eigenvalue weighted by molar-refractivity contribution is -0.132. The lowest BCUT2D eigenvalue weighted by atomic mass is 10.1. The summed E-state index contributed by atoms with van der Waals surface area (Å²) in [6.07, 6.45) is 2.48. The molecule has 7 heteroatoms. The van der Waals surface area contributed by atoms with E-state index in [1.54, 1.807) is 12.0 Å². The normalized spacial score (nSPS) is 21.6. The van der Waals surface area contributed by atoms with Crippen LogP contribution in [0.3, 0.4) is 0 Å². The molecule has 3 heterocycles. The molecule has 2 fully saturated rings. The topological polar surface area (TPSA) is 81.0 Å². The number of furan rings is 1. The molecule has 3 aromatic rings. The minimum Gasteiger partial charge on any atom is -0.495 e. The smallest absolute Gasteiger partial charge is 0.239 e. The zero-order chi connectivity index (χ0) is 20.7. The highest BCUT2D eigenvalue weighted by Gasteiger charge is 2.39. The largest absolute Gasteiger partial charge is 0.495 e. The zero-order valence-electron chi connectivity index (χ0n) is 16.8. The van der Waals surface area contributed by atoms with Gasteiger partial charge in [0.25, 0.3) is 0 Å². The first-order valence-corrected chi connectivity index (χ1v) is 10.4. The number of anilines is 1. The maximum absolute atomic E-state index is 13.1. The van der Waals surface area contributed by atoms with Crippen molar-refractivity contribution in [3.8, 4) is 5.75 Å². The molecule has 156 valence electrons. The molecule has 1 aromatic heterocycles. The SMILES string of the molecule is COc1cc2c(cc1N1CCC(C(=O)NCC3CCCO3)C1=O)oc1ccccc12. The van der Waals surface area contributed by atoms with Crippen molar-refractivity contribution in [2.45, 2.75) is 25.4 Å². The summed E-state index contributed by atoms with van der Waals surface area (Å²) >= 11 is 0. The van der Waals surface area contributed by atoms with Crippen LogP contribution in [0.4, 0.5) is 5.69 Å². The average molecular weight is 408 g/mol. The summed E-state index contributed by atoms with van der Waals surface area (Å²) in [5.74, 6) is -0.555. The fourth-order valence-electron chi connectivity index (χ4n) is 4.42. The molecule has 5 rings (SSSR count). The second kappa shape index (κ2) is 7.65. The number of hydrogen-bond acceptors (Lipinski definition) is 5. The van der Waals surface area contributed by atoms with E-state index in [9.17, 15) is 9.59 Å². The summed E-state index contributed by atoms with van der Waals surface area (Å²) in [4.78, 5) is 27.3. The number of fused-ring (bicyclic) bond motifs is 3. The summed E-state index contributed by atoms with van der Waals surface area (Å²) in [6.45, 7) is 1.65. The van der Waals surface area contributed by atoms with E-state index >= 15 is 0 Å².